The zero-order valence-electron chi connectivity index (χ0n) is 12.7. The molecule has 3 nitrogen and oxygen atoms in total. The van der Waals surface area contributed by atoms with Crippen molar-refractivity contribution in [2.45, 2.75) is 53.5 Å². The summed E-state index contributed by atoms with van der Waals surface area (Å²) >= 11 is 0. The minimum absolute atomic E-state index is 0. The number of nitrogens with zero attached hydrogens (tertiary/aromatic N) is 2. The Labute approximate surface area is 104 Å². The van der Waals surface area contributed by atoms with E-state index in [0.717, 1.165) is 6.04 Å². The molecule has 0 spiro atoms. The molecule has 1 rings (SSSR count). The Morgan fingerprint density at radius 2 is 1.38 bits per heavy atom. The summed E-state index contributed by atoms with van der Waals surface area (Å²) in [6.45, 7) is 14.1. The first kappa shape index (κ1) is 21.2. The zero-order chi connectivity index (χ0) is 12.3. The number of hydrogen-bond donors (Lipinski definition) is 1. The summed E-state index contributed by atoms with van der Waals surface area (Å²) in [5.74, 6) is 0. The summed E-state index contributed by atoms with van der Waals surface area (Å²) in [5.41, 5.74) is 0. The predicted octanol–water partition coefficient (Wildman–Crippen LogP) is 3.25. The van der Waals surface area contributed by atoms with E-state index in [1.807, 2.05) is 27.7 Å². The molecule has 0 radical (unpaired) electrons. The smallest absolute Gasteiger partial charge is 0.0113 e. The second-order valence-corrected chi connectivity index (χ2v) is 3.63. The van der Waals surface area contributed by atoms with Crippen molar-refractivity contribution in [1.29, 1.82) is 0 Å². The first-order valence-electron chi connectivity index (χ1n) is 6.62. The molecule has 3 N–H and O–H groups in total. The van der Waals surface area contributed by atoms with Crippen LogP contribution in [0, 0.1) is 0 Å². The van der Waals surface area contributed by atoms with Crippen LogP contribution in [0.1, 0.15) is 47.5 Å². The van der Waals surface area contributed by atoms with Crippen LogP contribution in [0.15, 0.2) is 0 Å². The summed E-state index contributed by atoms with van der Waals surface area (Å²) in [7, 11) is 4.37. The summed E-state index contributed by atoms with van der Waals surface area (Å²) in [5, 5.41) is 0. The first-order chi connectivity index (χ1) is 7.24. The average Bonchev–Trinajstić information content (AvgIpc) is 2.34. The van der Waals surface area contributed by atoms with E-state index in [2.05, 4.69) is 30.8 Å². The fourth-order valence-corrected chi connectivity index (χ4v) is 1.75. The van der Waals surface area contributed by atoms with Crippen molar-refractivity contribution in [2.75, 3.05) is 33.7 Å². The number of rotatable bonds is 2. The van der Waals surface area contributed by atoms with Gasteiger partial charge in [-0.15, -0.1) is 0 Å². The molecule has 0 bridgehead atoms. The fraction of sp³-hybridized carbons (Fsp3) is 1.00. The van der Waals surface area contributed by atoms with Gasteiger partial charge in [0.1, 0.15) is 0 Å². The van der Waals surface area contributed by atoms with Crippen LogP contribution >= 0.6 is 0 Å². The van der Waals surface area contributed by atoms with Crippen molar-refractivity contribution in [3.8, 4) is 0 Å². The van der Waals surface area contributed by atoms with Gasteiger partial charge in [0.05, 0.1) is 0 Å². The van der Waals surface area contributed by atoms with Crippen molar-refractivity contribution in [2.24, 2.45) is 0 Å². The van der Waals surface area contributed by atoms with Gasteiger partial charge in [-0.05, 0) is 46.6 Å². The van der Waals surface area contributed by atoms with Crippen molar-refractivity contribution in [3.63, 3.8) is 0 Å². The van der Waals surface area contributed by atoms with Crippen LogP contribution < -0.4 is 6.15 Å². The first-order valence-corrected chi connectivity index (χ1v) is 6.62. The number of hydrogen-bond acceptors (Lipinski definition) is 3. The van der Waals surface area contributed by atoms with Crippen molar-refractivity contribution < 1.29 is 0 Å². The van der Waals surface area contributed by atoms with Gasteiger partial charge in [-0.2, -0.15) is 0 Å². The summed E-state index contributed by atoms with van der Waals surface area (Å²) in [4.78, 5) is 4.88. The van der Waals surface area contributed by atoms with Crippen LogP contribution in [0.2, 0.25) is 0 Å². The quantitative estimate of drug-likeness (QED) is 0.796. The van der Waals surface area contributed by atoms with Crippen LogP contribution in [0.25, 0.3) is 0 Å². The highest BCUT2D eigenvalue weighted by atomic mass is 15.2. The normalized spacial score (nSPS) is 16.5. The van der Waals surface area contributed by atoms with Crippen molar-refractivity contribution in [3.05, 3.63) is 0 Å². The standard InChI is InChI=1S/C9H20N2.2C2H6.H3N/c1-4-11-7-5-9(6-8-11)10(2)3;2*1-2;/h9H,4-8H2,1-3H3;2*1-2H3;1H3. The van der Waals surface area contributed by atoms with Gasteiger partial charge in [-0.25, -0.2) is 0 Å². The van der Waals surface area contributed by atoms with Gasteiger partial charge in [-0.1, -0.05) is 34.6 Å². The van der Waals surface area contributed by atoms with E-state index in [0.29, 0.717) is 0 Å². The maximum Gasteiger partial charge on any atom is 0.0113 e. The molecule has 0 amide bonds. The Morgan fingerprint density at radius 3 is 1.62 bits per heavy atom. The third-order valence-corrected chi connectivity index (χ3v) is 2.73. The van der Waals surface area contributed by atoms with Crippen molar-refractivity contribution in [1.82, 2.24) is 16.0 Å². The van der Waals surface area contributed by atoms with Gasteiger partial charge in [0.2, 0.25) is 0 Å². The van der Waals surface area contributed by atoms with Crippen LogP contribution in [0.3, 0.4) is 0 Å². The van der Waals surface area contributed by atoms with Gasteiger partial charge < -0.3 is 16.0 Å². The molecule has 0 saturated carbocycles. The second kappa shape index (κ2) is 14.9. The Morgan fingerprint density at radius 1 is 1.00 bits per heavy atom. The molecular formula is C13H35N3. The van der Waals surface area contributed by atoms with Gasteiger partial charge in [-0.3, -0.25) is 0 Å². The summed E-state index contributed by atoms with van der Waals surface area (Å²) < 4.78 is 0. The Bertz CT molecular complexity index is 108. The molecule has 1 aliphatic heterocycles. The van der Waals surface area contributed by atoms with E-state index >= 15 is 0 Å². The topological polar surface area (TPSA) is 41.5 Å². The maximum atomic E-state index is 2.53. The lowest BCUT2D eigenvalue weighted by Gasteiger charge is -2.34. The Kier molecular flexibility index (Phi) is 19.7. The van der Waals surface area contributed by atoms with Gasteiger partial charge in [0.25, 0.3) is 0 Å². The molecule has 0 atom stereocenters. The highest BCUT2D eigenvalue weighted by Crippen LogP contribution is 2.13. The molecule has 102 valence electrons. The lowest BCUT2D eigenvalue weighted by Crippen LogP contribution is -2.41. The molecule has 16 heavy (non-hydrogen) atoms. The van der Waals surface area contributed by atoms with Crippen LogP contribution in [-0.4, -0.2) is 49.6 Å². The van der Waals surface area contributed by atoms with E-state index < -0.39 is 0 Å². The molecule has 0 unspecified atom stereocenters. The van der Waals surface area contributed by atoms with Crippen LogP contribution in [0.5, 0.6) is 0 Å². The van der Waals surface area contributed by atoms with E-state index in [9.17, 15) is 0 Å². The SMILES string of the molecule is CC.CC.CCN1CCC(N(C)C)CC1.N. The molecule has 1 fully saturated rings. The highest BCUT2D eigenvalue weighted by molar-refractivity contribution is 4.75. The molecule has 1 saturated heterocycles. The molecule has 1 aliphatic rings. The maximum absolute atomic E-state index is 2.53. The van der Waals surface area contributed by atoms with E-state index in [1.54, 1.807) is 0 Å². The average molecular weight is 233 g/mol. The van der Waals surface area contributed by atoms with Gasteiger partial charge in [0.15, 0.2) is 0 Å². The molecule has 0 aliphatic carbocycles. The predicted molar refractivity (Wildman–Crippen MR) is 76.5 cm³/mol. The fourth-order valence-electron chi connectivity index (χ4n) is 1.75. The third-order valence-electron chi connectivity index (χ3n) is 2.73. The van der Waals surface area contributed by atoms with Crippen LogP contribution in [-0.2, 0) is 0 Å². The highest BCUT2D eigenvalue weighted by Gasteiger charge is 2.18. The number of likely N-dealkylation sites (tertiary alicyclic amines) is 1. The lowest BCUT2D eigenvalue weighted by molar-refractivity contribution is 0.150. The minimum atomic E-state index is 0. The van der Waals surface area contributed by atoms with Gasteiger partial charge >= 0.3 is 0 Å². The molecule has 1 heterocycles. The molecule has 0 aromatic rings. The third kappa shape index (κ3) is 9.13. The monoisotopic (exact) mass is 233 g/mol. The van der Waals surface area contributed by atoms with E-state index in [4.69, 9.17) is 0 Å². The molecular weight excluding hydrogens is 198 g/mol. The largest absolute Gasteiger partial charge is 0.344 e. The van der Waals surface area contributed by atoms with E-state index in [1.165, 1.54) is 32.5 Å². The van der Waals surface area contributed by atoms with E-state index in [-0.39, 0.29) is 6.15 Å². The summed E-state index contributed by atoms with van der Waals surface area (Å²) in [6.07, 6.45) is 2.70. The second-order valence-electron chi connectivity index (χ2n) is 3.63. The molecule has 0 aromatic carbocycles. The number of piperidine rings is 1. The molecule has 3 heteroatoms. The minimum Gasteiger partial charge on any atom is -0.344 e. The van der Waals surface area contributed by atoms with Gasteiger partial charge in [0, 0.05) is 6.04 Å². The van der Waals surface area contributed by atoms with Crippen LogP contribution in [0.4, 0.5) is 0 Å². The zero-order valence-corrected chi connectivity index (χ0v) is 12.7. The summed E-state index contributed by atoms with van der Waals surface area (Å²) in [6, 6.07) is 0.831. The van der Waals surface area contributed by atoms with Crippen molar-refractivity contribution >= 4 is 0 Å². The Balaban J connectivity index is -0.000000305. The molecule has 0 aromatic heterocycles. The lowest BCUT2D eigenvalue weighted by atomic mass is 10.0. The Hall–Kier alpha value is -0.120.